The number of fused-ring (bicyclic) bond motifs is 1. The molecule has 2 aliphatic carbocycles. The second kappa shape index (κ2) is 9.37. The van der Waals surface area contributed by atoms with Crippen LogP contribution in [0.2, 0.25) is 0 Å². The minimum atomic E-state index is 0.0153. The van der Waals surface area contributed by atoms with Crippen molar-refractivity contribution < 1.29 is 4.79 Å². The van der Waals surface area contributed by atoms with Gasteiger partial charge in [-0.1, -0.05) is 35.4 Å². The lowest BCUT2D eigenvalue weighted by molar-refractivity contribution is 0.0926. The topological polar surface area (TPSA) is 84.7 Å². The van der Waals surface area contributed by atoms with Crippen molar-refractivity contribution in [2.45, 2.75) is 70.4 Å². The van der Waals surface area contributed by atoms with Crippen LogP contribution in [0.25, 0.3) is 16.7 Å². The molecule has 2 aliphatic rings. The van der Waals surface area contributed by atoms with Crippen LogP contribution in [0, 0.1) is 13.8 Å². The van der Waals surface area contributed by atoms with E-state index in [4.69, 9.17) is 9.97 Å². The number of benzene rings is 2. The second-order valence-electron chi connectivity index (χ2n) is 10.4. The third-order valence-corrected chi connectivity index (χ3v) is 7.38. The van der Waals surface area contributed by atoms with Crippen LogP contribution in [0.4, 0.5) is 5.82 Å². The van der Waals surface area contributed by atoms with Gasteiger partial charge in [-0.2, -0.15) is 5.10 Å². The summed E-state index contributed by atoms with van der Waals surface area (Å²) in [6.45, 7) is 4.12. The van der Waals surface area contributed by atoms with Crippen molar-refractivity contribution in [2.75, 3.05) is 5.32 Å². The predicted octanol–water partition coefficient (Wildman–Crippen LogP) is 5.46. The molecule has 7 heteroatoms. The highest BCUT2D eigenvalue weighted by molar-refractivity contribution is 5.94. The molecule has 2 heterocycles. The Morgan fingerprint density at radius 1 is 0.833 bits per heavy atom. The van der Waals surface area contributed by atoms with E-state index in [0.29, 0.717) is 12.0 Å². The Morgan fingerprint density at radius 3 is 2.14 bits per heavy atom. The van der Waals surface area contributed by atoms with Crippen LogP contribution < -0.4 is 10.6 Å². The summed E-state index contributed by atoms with van der Waals surface area (Å²) in [5.74, 6) is 2.26. The fourth-order valence-corrected chi connectivity index (χ4v) is 4.98. The summed E-state index contributed by atoms with van der Waals surface area (Å²) in [6.07, 6.45) is 8.03. The highest BCUT2D eigenvalue weighted by Crippen LogP contribution is 2.40. The summed E-state index contributed by atoms with van der Waals surface area (Å²) < 4.78 is 1.92. The molecular weight excluding hydrogens is 448 g/mol. The van der Waals surface area contributed by atoms with Gasteiger partial charge in [0.2, 0.25) is 0 Å². The van der Waals surface area contributed by atoms with Crippen LogP contribution in [0.5, 0.6) is 0 Å². The molecule has 2 N–H and O–H groups in total. The summed E-state index contributed by atoms with van der Waals surface area (Å²) in [5.41, 5.74) is 4.97. The third kappa shape index (κ3) is 4.70. The van der Waals surface area contributed by atoms with E-state index in [1.807, 2.05) is 42.1 Å². The summed E-state index contributed by atoms with van der Waals surface area (Å²) >= 11 is 0. The fourth-order valence-electron chi connectivity index (χ4n) is 4.98. The van der Waals surface area contributed by atoms with Gasteiger partial charge in [-0.05, 0) is 76.6 Å². The van der Waals surface area contributed by atoms with Crippen LogP contribution in [0.15, 0.2) is 54.7 Å². The number of hydrogen-bond acceptors (Lipinski definition) is 5. The van der Waals surface area contributed by atoms with Gasteiger partial charge in [0.1, 0.15) is 11.6 Å². The Hall–Kier alpha value is -3.74. The Balaban J connectivity index is 1.17. The molecule has 0 atom stereocenters. The van der Waals surface area contributed by atoms with Crippen LogP contribution in [0.1, 0.15) is 71.8 Å². The molecule has 4 aromatic rings. The quantitative estimate of drug-likeness (QED) is 0.383. The minimum Gasteiger partial charge on any atom is -0.367 e. The molecular formula is C29H32N6O. The fraction of sp³-hybridized carbons (Fsp3) is 0.379. The van der Waals surface area contributed by atoms with Crippen molar-refractivity contribution in [3.05, 3.63) is 77.2 Å². The molecule has 2 fully saturated rings. The zero-order valence-corrected chi connectivity index (χ0v) is 20.9. The van der Waals surface area contributed by atoms with Gasteiger partial charge in [0.15, 0.2) is 5.65 Å². The first-order chi connectivity index (χ1) is 17.5. The monoisotopic (exact) mass is 480 g/mol. The van der Waals surface area contributed by atoms with Crippen molar-refractivity contribution in [2.24, 2.45) is 0 Å². The molecule has 2 saturated carbocycles. The lowest BCUT2D eigenvalue weighted by Gasteiger charge is -2.30. The van der Waals surface area contributed by atoms with Gasteiger partial charge < -0.3 is 10.6 Å². The van der Waals surface area contributed by atoms with E-state index in [9.17, 15) is 4.79 Å². The zero-order valence-electron chi connectivity index (χ0n) is 20.9. The summed E-state index contributed by atoms with van der Waals surface area (Å²) in [5, 5.41) is 12.6. The molecule has 0 unspecified atom stereocenters. The maximum Gasteiger partial charge on any atom is 0.251 e. The van der Waals surface area contributed by atoms with Crippen LogP contribution in [-0.4, -0.2) is 37.7 Å². The van der Waals surface area contributed by atoms with Crippen LogP contribution in [0.3, 0.4) is 0 Å². The van der Waals surface area contributed by atoms with E-state index in [2.05, 4.69) is 46.9 Å². The lowest BCUT2D eigenvalue weighted by atomic mass is 9.91. The summed E-state index contributed by atoms with van der Waals surface area (Å²) in [6, 6.07) is 16.6. The third-order valence-electron chi connectivity index (χ3n) is 7.38. The standard InChI is InChI=1S/C29H32N6O/c1-18-3-7-21(8-4-18)29(36)32-23-13-11-22(12-14-23)31-27-25-17-30-35(24-15-5-19(2)6-16-24)28(25)34-26(33-27)20-9-10-20/h3-8,15-17,20,22-23H,9-14H2,1-2H3,(H,32,36)(H,31,33,34). The Labute approximate surface area is 211 Å². The maximum absolute atomic E-state index is 12.6. The van der Waals surface area contributed by atoms with Crippen molar-refractivity contribution in [3.63, 3.8) is 0 Å². The summed E-state index contributed by atoms with van der Waals surface area (Å²) in [7, 11) is 0. The molecule has 2 aromatic carbocycles. The number of hydrogen-bond donors (Lipinski definition) is 2. The average molecular weight is 481 g/mol. The van der Waals surface area contributed by atoms with E-state index in [-0.39, 0.29) is 11.9 Å². The van der Waals surface area contributed by atoms with E-state index in [1.165, 1.54) is 5.56 Å². The Kier molecular flexibility index (Phi) is 5.91. The van der Waals surface area contributed by atoms with Crippen LogP contribution >= 0.6 is 0 Å². The maximum atomic E-state index is 12.6. The second-order valence-corrected chi connectivity index (χ2v) is 10.4. The molecule has 0 bridgehead atoms. The molecule has 0 spiro atoms. The SMILES string of the molecule is Cc1ccc(C(=O)NC2CCC(Nc3nc(C4CC4)nc4c3cnn4-c3ccc(C)cc3)CC2)cc1. The average Bonchev–Trinajstić information content (AvgIpc) is 3.65. The number of rotatable bonds is 6. The largest absolute Gasteiger partial charge is 0.367 e. The van der Waals surface area contributed by atoms with Gasteiger partial charge in [0.25, 0.3) is 5.91 Å². The molecule has 2 aromatic heterocycles. The number of carbonyl (C=O) groups excluding carboxylic acids is 1. The normalized spacial score (nSPS) is 19.8. The molecule has 1 amide bonds. The highest BCUT2D eigenvalue weighted by atomic mass is 16.1. The van der Waals surface area contributed by atoms with Crippen molar-refractivity contribution in [1.29, 1.82) is 0 Å². The first-order valence-corrected chi connectivity index (χ1v) is 13.0. The number of aromatic nitrogens is 4. The molecule has 7 nitrogen and oxygen atoms in total. The number of anilines is 1. The smallest absolute Gasteiger partial charge is 0.251 e. The van der Waals surface area contributed by atoms with E-state index < -0.39 is 0 Å². The molecule has 0 radical (unpaired) electrons. The zero-order chi connectivity index (χ0) is 24.6. The number of nitrogens with zero attached hydrogens (tertiary/aromatic N) is 4. The van der Waals surface area contributed by atoms with E-state index in [1.54, 1.807) is 0 Å². The van der Waals surface area contributed by atoms with E-state index in [0.717, 1.165) is 78.0 Å². The van der Waals surface area contributed by atoms with E-state index >= 15 is 0 Å². The number of nitrogens with one attached hydrogen (secondary N) is 2. The number of aryl methyl sites for hydroxylation is 2. The van der Waals surface area contributed by atoms with Gasteiger partial charge in [-0.25, -0.2) is 14.6 Å². The van der Waals surface area contributed by atoms with Crippen molar-refractivity contribution >= 4 is 22.8 Å². The molecule has 0 aliphatic heterocycles. The Bertz CT molecular complexity index is 1380. The van der Waals surface area contributed by atoms with Crippen molar-refractivity contribution in [3.8, 4) is 5.69 Å². The van der Waals surface area contributed by atoms with Gasteiger partial charge in [-0.3, -0.25) is 4.79 Å². The Morgan fingerprint density at radius 2 is 1.47 bits per heavy atom. The first-order valence-electron chi connectivity index (χ1n) is 13.0. The lowest BCUT2D eigenvalue weighted by Crippen LogP contribution is -2.40. The van der Waals surface area contributed by atoms with Gasteiger partial charge in [0.05, 0.1) is 17.3 Å². The van der Waals surface area contributed by atoms with Gasteiger partial charge in [-0.15, -0.1) is 0 Å². The molecule has 0 saturated heterocycles. The minimum absolute atomic E-state index is 0.0153. The summed E-state index contributed by atoms with van der Waals surface area (Å²) in [4.78, 5) is 22.5. The molecule has 36 heavy (non-hydrogen) atoms. The van der Waals surface area contributed by atoms with Crippen molar-refractivity contribution in [1.82, 2.24) is 25.1 Å². The highest BCUT2D eigenvalue weighted by Gasteiger charge is 2.30. The molecule has 6 rings (SSSR count). The van der Waals surface area contributed by atoms with Gasteiger partial charge in [0, 0.05) is 23.6 Å². The number of amides is 1. The molecule has 184 valence electrons. The first kappa shape index (κ1) is 22.7. The predicted molar refractivity (Wildman–Crippen MR) is 142 cm³/mol. The van der Waals surface area contributed by atoms with Crippen LogP contribution in [-0.2, 0) is 0 Å². The van der Waals surface area contributed by atoms with Gasteiger partial charge >= 0.3 is 0 Å². The number of carbonyl (C=O) groups is 1.